The zero-order valence-electron chi connectivity index (χ0n) is 17.5. The third-order valence-electron chi connectivity index (χ3n) is 5.01. The molecule has 0 bridgehead atoms. The van der Waals surface area contributed by atoms with Crippen LogP contribution in [0.15, 0.2) is 76.7 Å². The van der Waals surface area contributed by atoms with Gasteiger partial charge in [0.25, 0.3) is 5.56 Å². The molecule has 0 saturated carbocycles. The number of aryl methyl sites for hydroxylation is 1. The van der Waals surface area contributed by atoms with Crippen molar-refractivity contribution in [3.8, 4) is 0 Å². The normalized spacial score (nSPS) is 12.0. The molecule has 0 aliphatic carbocycles. The van der Waals surface area contributed by atoms with E-state index in [1.807, 2.05) is 43.3 Å². The Balaban J connectivity index is 1.62. The van der Waals surface area contributed by atoms with Gasteiger partial charge in [-0.2, -0.15) is 0 Å². The number of hydrogen-bond donors (Lipinski definition) is 1. The van der Waals surface area contributed by atoms with E-state index in [-0.39, 0.29) is 22.6 Å². The monoisotopic (exact) mass is 421 g/mol. The molecule has 3 aromatic rings. The second kappa shape index (κ2) is 10.3. The largest absolute Gasteiger partial charge is 0.355 e. The highest BCUT2D eigenvalue weighted by Gasteiger charge is 2.19. The van der Waals surface area contributed by atoms with Gasteiger partial charge in [0.1, 0.15) is 0 Å². The number of hydrogen-bond acceptors (Lipinski definition) is 4. The van der Waals surface area contributed by atoms with E-state index in [2.05, 4.69) is 34.6 Å². The van der Waals surface area contributed by atoms with Crippen LogP contribution in [0, 0.1) is 6.92 Å². The number of carbonyl (C=O) groups is 1. The van der Waals surface area contributed by atoms with E-state index in [0.717, 1.165) is 6.42 Å². The number of carbonyl (C=O) groups excluding carboxylic acids is 1. The fraction of sp³-hybridized carbons (Fsp3) is 0.292. The van der Waals surface area contributed by atoms with Gasteiger partial charge in [0.2, 0.25) is 5.91 Å². The van der Waals surface area contributed by atoms with E-state index >= 15 is 0 Å². The third-order valence-corrected chi connectivity index (χ3v) is 6.15. The summed E-state index contributed by atoms with van der Waals surface area (Å²) in [5.41, 5.74) is 3.01. The first-order chi connectivity index (χ1) is 14.5. The second-order valence-electron chi connectivity index (χ2n) is 7.29. The molecule has 0 aliphatic rings. The highest BCUT2D eigenvalue weighted by molar-refractivity contribution is 8.00. The van der Waals surface area contributed by atoms with E-state index in [4.69, 9.17) is 0 Å². The lowest BCUT2D eigenvalue weighted by molar-refractivity contribution is -0.120. The van der Waals surface area contributed by atoms with Crippen molar-refractivity contribution in [2.45, 2.75) is 36.6 Å². The summed E-state index contributed by atoms with van der Waals surface area (Å²) in [6.07, 6.45) is 0.804. The predicted octanol–water partition coefficient (Wildman–Crippen LogP) is 3.91. The Labute approximate surface area is 181 Å². The van der Waals surface area contributed by atoms with Gasteiger partial charge < -0.3 is 5.32 Å². The second-order valence-corrected chi connectivity index (χ2v) is 8.60. The van der Waals surface area contributed by atoms with E-state index in [9.17, 15) is 9.59 Å². The minimum Gasteiger partial charge on any atom is -0.355 e. The van der Waals surface area contributed by atoms with E-state index in [1.165, 1.54) is 33.5 Å². The average molecular weight is 422 g/mol. The average Bonchev–Trinajstić information content (AvgIpc) is 2.75. The van der Waals surface area contributed by atoms with Crippen molar-refractivity contribution >= 4 is 17.7 Å². The lowest BCUT2D eigenvalue weighted by atomic mass is 9.88. The molecule has 1 unspecified atom stereocenters. The lowest BCUT2D eigenvalue weighted by Crippen LogP contribution is -2.33. The van der Waals surface area contributed by atoms with E-state index in [1.54, 1.807) is 14.0 Å². The number of benzene rings is 2. The van der Waals surface area contributed by atoms with Crippen LogP contribution in [0.1, 0.15) is 36.1 Å². The highest BCUT2D eigenvalue weighted by atomic mass is 32.2. The summed E-state index contributed by atoms with van der Waals surface area (Å²) in [7, 11) is 1.67. The maximum Gasteiger partial charge on any atom is 0.254 e. The highest BCUT2D eigenvalue weighted by Crippen LogP contribution is 2.27. The molecule has 0 aliphatic heterocycles. The fourth-order valence-corrected chi connectivity index (χ4v) is 4.28. The molecule has 3 rings (SSSR count). The summed E-state index contributed by atoms with van der Waals surface area (Å²) in [6, 6.07) is 22.2. The minimum atomic E-state index is -0.350. The molecule has 5 nitrogen and oxygen atoms in total. The Morgan fingerprint density at radius 3 is 2.20 bits per heavy atom. The van der Waals surface area contributed by atoms with Gasteiger partial charge in [-0.05, 0) is 31.4 Å². The summed E-state index contributed by atoms with van der Waals surface area (Å²) < 4.78 is 1.47. The smallest absolute Gasteiger partial charge is 0.254 e. The van der Waals surface area contributed by atoms with Gasteiger partial charge in [-0.3, -0.25) is 14.2 Å². The first-order valence-electron chi connectivity index (χ1n) is 10.0. The molecular formula is C24H27N3O2S. The summed E-state index contributed by atoms with van der Waals surface area (Å²) in [4.78, 5) is 29.0. The molecule has 0 spiro atoms. The first kappa shape index (κ1) is 21.8. The molecular weight excluding hydrogens is 394 g/mol. The van der Waals surface area contributed by atoms with Gasteiger partial charge in [-0.25, -0.2) is 4.98 Å². The maximum atomic E-state index is 12.6. The molecule has 1 aromatic heterocycles. The number of thioether (sulfide) groups is 1. The van der Waals surface area contributed by atoms with Gasteiger partial charge in [0, 0.05) is 31.3 Å². The first-order valence-corrected chi connectivity index (χ1v) is 10.9. The molecule has 6 heteroatoms. The zero-order chi connectivity index (χ0) is 21.5. The van der Waals surface area contributed by atoms with Crippen LogP contribution >= 0.6 is 11.8 Å². The Kier molecular flexibility index (Phi) is 7.46. The van der Waals surface area contributed by atoms with Gasteiger partial charge in [-0.1, -0.05) is 72.4 Å². The molecule has 1 amide bonds. The fourth-order valence-electron chi connectivity index (χ4n) is 3.32. The summed E-state index contributed by atoms with van der Waals surface area (Å²) in [6.45, 7) is 4.18. The SMILES string of the molecule is Cc1cc(=O)n(C)c(SC(C)C(=O)NCCC(c2ccccc2)c2ccccc2)n1. The Morgan fingerprint density at radius 1 is 1.07 bits per heavy atom. The third kappa shape index (κ3) is 5.60. The van der Waals surface area contributed by atoms with Crippen molar-refractivity contribution in [2.24, 2.45) is 7.05 Å². The maximum absolute atomic E-state index is 12.6. The van der Waals surface area contributed by atoms with Crippen molar-refractivity contribution in [3.63, 3.8) is 0 Å². The number of rotatable bonds is 8. The van der Waals surface area contributed by atoms with Crippen LogP contribution in [0.25, 0.3) is 0 Å². The molecule has 0 radical (unpaired) electrons. The molecule has 0 fully saturated rings. The van der Waals surface area contributed by atoms with Gasteiger partial charge in [0.15, 0.2) is 5.16 Å². The summed E-state index contributed by atoms with van der Waals surface area (Å²) in [5.74, 6) is 0.158. The summed E-state index contributed by atoms with van der Waals surface area (Å²) >= 11 is 1.30. The number of nitrogens with one attached hydrogen (secondary N) is 1. The van der Waals surface area contributed by atoms with E-state index in [0.29, 0.717) is 17.4 Å². The molecule has 1 atom stereocenters. The topological polar surface area (TPSA) is 64.0 Å². The molecule has 0 saturated heterocycles. The number of aromatic nitrogens is 2. The van der Waals surface area contributed by atoms with Crippen LogP contribution in [0.4, 0.5) is 0 Å². The van der Waals surface area contributed by atoms with Gasteiger partial charge in [-0.15, -0.1) is 0 Å². The summed E-state index contributed by atoms with van der Waals surface area (Å²) in [5, 5.41) is 3.25. The Morgan fingerprint density at radius 2 is 1.63 bits per heavy atom. The molecule has 156 valence electrons. The molecule has 1 heterocycles. The van der Waals surface area contributed by atoms with Crippen LogP contribution in [-0.2, 0) is 11.8 Å². The van der Waals surface area contributed by atoms with Crippen molar-refractivity contribution in [1.82, 2.24) is 14.9 Å². The van der Waals surface area contributed by atoms with Crippen LogP contribution in [-0.4, -0.2) is 27.3 Å². The van der Waals surface area contributed by atoms with Crippen molar-refractivity contribution in [3.05, 3.63) is 93.9 Å². The quantitative estimate of drug-likeness (QED) is 0.442. The number of nitrogens with zero attached hydrogens (tertiary/aromatic N) is 2. The van der Waals surface area contributed by atoms with E-state index < -0.39 is 0 Å². The Hall–Kier alpha value is -2.86. The standard InChI is InChI=1S/C24H27N3O2S/c1-17-16-22(28)27(3)24(26-17)30-18(2)23(29)25-15-14-21(19-10-6-4-7-11-19)20-12-8-5-9-13-20/h4-13,16,18,21H,14-15H2,1-3H3,(H,25,29). The van der Waals surface area contributed by atoms with Crippen LogP contribution in [0.2, 0.25) is 0 Å². The predicted molar refractivity (Wildman–Crippen MR) is 122 cm³/mol. The van der Waals surface area contributed by atoms with Crippen molar-refractivity contribution in [2.75, 3.05) is 6.54 Å². The number of amides is 1. The van der Waals surface area contributed by atoms with Gasteiger partial charge >= 0.3 is 0 Å². The molecule has 30 heavy (non-hydrogen) atoms. The van der Waals surface area contributed by atoms with Crippen LogP contribution < -0.4 is 10.9 Å². The Bertz CT molecular complexity index is 996. The minimum absolute atomic E-state index is 0.0596. The zero-order valence-corrected chi connectivity index (χ0v) is 18.4. The van der Waals surface area contributed by atoms with Crippen molar-refractivity contribution in [1.29, 1.82) is 0 Å². The van der Waals surface area contributed by atoms with Crippen molar-refractivity contribution < 1.29 is 4.79 Å². The molecule has 2 aromatic carbocycles. The molecule has 1 N–H and O–H groups in total. The van der Waals surface area contributed by atoms with Gasteiger partial charge in [0.05, 0.1) is 5.25 Å². The lowest BCUT2D eigenvalue weighted by Gasteiger charge is -2.19. The van der Waals surface area contributed by atoms with Crippen LogP contribution in [0.5, 0.6) is 0 Å². The van der Waals surface area contributed by atoms with Crippen LogP contribution in [0.3, 0.4) is 0 Å².